The van der Waals surface area contributed by atoms with Crippen LogP contribution in [0.1, 0.15) is 39.2 Å². The molecule has 0 spiro atoms. The number of nitrogens with one attached hydrogen (secondary N) is 2. The van der Waals surface area contributed by atoms with Gasteiger partial charge in [0.05, 0.1) is 5.69 Å². The Morgan fingerprint density at radius 3 is 2.83 bits per heavy atom. The Bertz CT molecular complexity index is 481. The van der Waals surface area contributed by atoms with E-state index in [9.17, 15) is 9.90 Å². The number of phenolic OH excluding ortho intramolecular Hbond substituents is 1. The molecule has 2 rings (SSSR count). The highest BCUT2D eigenvalue weighted by molar-refractivity contribution is 5.97. The fourth-order valence-corrected chi connectivity index (χ4v) is 2.47. The molecule has 3 N–H and O–H groups in total. The van der Waals surface area contributed by atoms with E-state index in [4.69, 9.17) is 0 Å². The third-order valence-electron chi connectivity index (χ3n) is 3.30. The molecule has 1 aliphatic heterocycles. The van der Waals surface area contributed by atoms with E-state index >= 15 is 0 Å². The molecule has 0 bridgehead atoms. The highest BCUT2D eigenvalue weighted by Gasteiger charge is 2.35. The fourth-order valence-electron chi connectivity index (χ4n) is 2.47. The number of carbonyl (C=O) groups is 1. The van der Waals surface area contributed by atoms with Crippen LogP contribution in [0, 0.1) is 0 Å². The number of carbonyl (C=O) groups excluding carboxylic acids is 1. The molecule has 0 aromatic heterocycles. The summed E-state index contributed by atoms with van der Waals surface area (Å²) in [4.78, 5) is 11.6. The van der Waals surface area contributed by atoms with E-state index in [1.165, 1.54) is 0 Å². The minimum absolute atomic E-state index is 0.00108. The fraction of sp³-hybridized carbons (Fsp3) is 0.500. The van der Waals surface area contributed by atoms with Crippen LogP contribution in [0.2, 0.25) is 0 Å². The van der Waals surface area contributed by atoms with E-state index in [0.717, 1.165) is 29.9 Å². The molecule has 0 unspecified atom stereocenters. The van der Waals surface area contributed by atoms with Crippen LogP contribution in [0.3, 0.4) is 0 Å². The molecule has 1 aromatic rings. The van der Waals surface area contributed by atoms with Crippen LogP contribution in [0.4, 0.5) is 11.4 Å². The number of aromatic hydroxyl groups is 1. The van der Waals surface area contributed by atoms with E-state index in [1.54, 1.807) is 0 Å². The topological polar surface area (TPSA) is 61.4 Å². The number of rotatable bonds is 3. The Labute approximate surface area is 107 Å². The first-order valence-corrected chi connectivity index (χ1v) is 6.36. The Morgan fingerprint density at radius 2 is 2.17 bits per heavy atom. The van der Waals surface area contributed by atoms with Gasteiger partial charge in [0.15, 0.2) is 0 Å². The van der Waals surface area contributed by atoms with Crippen molar-refractivity contribution in [1.82, 2.24) is 0 Å². The van der Waals surface area contributed by atoms with Gasteiger partial charge in [-0.1, -0.05) is 20.8 Å². The molecule has 18 heavy (non-hydrogen) atoms. The minimum atomic E-state index is -0.342. The first kappa shape index (κ1) is 12.7. The van der Waals surface area contributed by atoms with Crippen molar-refractivity contribution in [2.24, 2.45) is 0 Å². The molecule has 98 valence electrons. The second-order valence-corrected chi connectivity index (χ2v) is 5.42. The van der Waals surface area contributed by atoms with Gasteiger partial charge in [-0.25, -0.2) is 0 Å². The maximum atomic E-state index is 11.6. The Kier molecular flexibility index (Phi) is 3.20. The van der Waals surface area contributed by atoms with Crippen LogP contribution in [0.25, 0.3) is 0 Å². The molecule has 0 radical (unpaired) electrons. The molecule has 0 aliphatic carbocycles. The van der Waals surface area contributed by atoms with Gasteiger partial charge in [0.25, 0.3) is 0 Å². The summed E-state index contributed by atoms with van der Waals surface area (Å²) >= 11 is 0. The predicted molar refractivity (Wildman–Crippen MR) is 73.2 cm³/mol. The van der Waals surface area contributed by atoms with Crippen molar-refractivity contribution in [3.05, 3.63) is 17.7 Å². The number of benzene rings is 1. The lowest BCUT2D eigenvalue weighted by molar-refractivity contribution is -0.117. The molecule has 0 fully saturated rings. The molecule has 4 nitrogen and oxygen atoms in total. The Hall–Kier alpha value is -1.71. The summed E-state index contributed by atoms with van der Waals surface area (Å²) < 4.78 is 0. The van der Waals surface area contributed by atoms with Gasteiger partial charge in [-0.05, 0) is 18.6 Å². The maximum Gasteiger partial charge on any atom is 0.225 e. The highest BCUT2D eigenvalue weighted by atomic mass is 16.3. The molecule has 1 aromatic carbocycles. The second kappa shape index (κ2) is 4.52. The summed E-state index contributed by atoms with van der Waals surface area (Å²) in [5.74, 6) is 0.257. The SMILES string of the molecule is CCCNc1ccc2c(c1O)C(C)(C)CC(=O)N2. The van der Waals surface area contributed by atoms with E-state index < -0.39 is 0 Å². The van der Waals surface area contributed by atoms with Crippen LogP contribution in [0.5, 0.6) is 5.75 Å². The smallest absolute Gasteiger partial charge is 0.225 e. The van der Waals surface area contributed by atoms with Gasteiger partial charge in [-0.15, -0.1) is 0 Å². The molecule has 0 atom stereocenters. The number of phenols is 1. The standard InChI is InChI=1S/C14H20N2O2/c1-4-7-15-10-6-5-9-12(13(10)18)14(2,3)8-11(17)16-9/h5-6,15,18H,4,7-8H2,1-3H3,(H,16,17). The molecule has 0 saturated heterocycles. The number of fused-ring (bicyclic) bond motifs is 1. The largest absolute Gasteiger partial charge is 0.505 e. The van der Waals surface area contributed by atoms with Crippen molar-refractivity contribution in [3.63, 3.8) is 0 Å². The summed E-state index contributed by atoms with van der Waals surface area (Å²) in [5.41, 5.74) is 1.94. The average Bonchev–Trinajstić information content (AvgIpc) is 2.25. The second-order valence-electron chi connectivity index (χ2n) is 5.42. The van der Waals surface area contributed by atoms with Crippen molar-refractivity contribution in [3.8, 4) is 5.75 Å². The zero-order valence-corrected chi connectivity index (χ0v) is 11.1. The minimum Gasteiger partial charge on any atom is -0.505 e. The van der Waals surface area contributed by atoms with Gasteiger partial charge in [0.2, 0.25) is 5.91 Å². The third-order valence-corrected chi connectivity index (χ3v) is 3.30. The first-order chi connectivity index (χ1) is 8.45. The van der Waals surface area contributed by atoms with Gasteiger partial charge in [-0.2, -0.15) is 0 Å². The lowest BCUT2D eigenvalue weighted by Crippen LogP contribution is -2.32. The quantitative estimate of drug-likeness (QED) is 0.721. The van der Waals surface area contributed by atoms with Crippen LogP contribution in [-0.2, 0) is 10.2 Å². The van der Waals surface area contributed by atoms with E-state index in [1.807, 2.05) is 26.0 Å². The maximum absolute atomic E-state index is 11.6. The van der Waals surface area contributed by atoms with Crippen molar-refractivity contribution >= 4 is 17.3 Å². The number of hydrogen-bond donors (Lipinski definition) is 3. The van der Waals surface area contributed by atoms with Crippen molar-refractivity contribution in [2.45, 2.75) is 39.0 Å². The molecule has 1 heterocycles. The van der Waals surface area contributed by atoms with Gasteiger partial charge in [0.1, 0.15) is 5.75 Å². The summed E-state index contributed by atoms with van der Waals surface area (Å²) in [5, 5.41) is 16.4. The van der Waals surface area contributed by atoms with Crippen molar-refractivity contribution in [1.29, 1.82) is 0 Å². The average molecular weight is 248 g/mol. The van der Waals surface area contributed by atoms with Crippen molar-refractivity contribution in [2.75, 3.05) is 17.2 Å². The van der Waals surface area contributed by atoms with Crippen molar-refractivity contribution < 1.29 is 9.90 Å². The lowest BCUT2D eigenvalue weighted by Gasteiger charge is -2.33. The molecule has 1 amide bonds. The predicted octanol–water partition coefficient (Wildman–Crippen LogP) is 2.83. The number of amides is 1. The zero-order valence-electron chi connectivity index (χ0n) is 11.1. The van der Waals surface area contributed by atoms with Crippen LogP contribution in [0.15, 0.2) is 12.1 Å². The molecular weight excluding hydrogens is 228 g/mol. The van der Waals surface area contributed by atoms with Gasteiger partial charge < -0.3 is 15.7 Å². The molecular formula is C14H20N2O2. The summed E-state index contributed by atoms with van der Waals surface area (Å²) in [7, 11) is 0. The lowest BCUT2D eigenvalue weighted by atomic mass is 9.77. The van der Waals surface area contributed by atoms with E-state index in [2.05, 4.69) is 17.6 Å². The molecule has 0 saturated carbocycles. The van der Waals surface area contributed by atoms with E-state index in [-0.39, 0.29) is 17.1 Å². The Morgan fingerprint density at radius 1 is 1.44 bits per heavy atom. The summed E-state index contributed by atoms with van der Waals surface area (Å²) in [6, 6.07) is 3.66. The molecule has 1 aliphatic rings. The zero-order chi connectivity index (χ0) is 13.3. The van der Waals surface area contributed by atoms with Gasteiger partial charge in [-0.3, -0.25) is 4.79 Å². The number of anilines is 2. The van der Waals surface area contributed by atoms with Crippen LogP contribution < -0.4 is 10.6 Å². The number of hydrogen-bond acceptors (Lipinski definition) is 3. The third kappa shape index (κ3) is 2.15. The normalized spacial score (nSPS) is 16.9. The summed E-state index contributed by atoms with van der Waals surface area (Å²) in [6.45, 7) is 6.85. The van der Waals surface area contributed by atoms with Crippen LogP contribution >= 0.6 is 0 Å². The highest BCUT2D eigenvalue weighted by Crippen LogP contribution is 2.45. The van der Waals surface area contributed by atoms with Gasteiger partial charge >= 0.3 is 0 Å². The van der Waals surface area contributed by atoms with E-state index in [0.29, 0.717) is 6.42 Å². The van der Waals surface area contributed by atoms with Crippen LogP contribution in [-0.4, -0.2) is 17.6 Å². The Balaban J connectivity index is 2.46. The van der Waals surface area contributed by atoms with Gasteiger partial charge in [0, 0.05) is 29.6 Å². The summed E-state index contributed by atoms with van der Waals surface area (Å²) in [6.07, 6.45) is 1.39. The first-order valence-electron chi connectivity index (χ1n) is 6.36. The molecule has 4 heteroatoms. The monoisotopic (exact) mass is 248 g/mol.